The van der Waals surface area contributed by atoms with Gasteiger partial charge in [0.05, 0.1) is 5.70 Å². The molecule has 1 rings (SSSR count). The van der Waals surface area contributed by atoms with Gasteiger partial charge in [0, 0.05) is 5.57 Å². The predicted molar refractivity (Wildman–Crippen MR) is 55.1 cm³/mol. The van der Waals surface area contributed by atoms with Crippen molar-refractivity contribution in [2.45, 2.75) is 5.38 Å². The van der Waals surface area contributed by atoms with E-state index in [1.807, 2.05) is 0 Å². The van der Waals surface area contributed by atoms with Gasteiger partial charge in [-0.25, -0.2) is 4.39 Å². The van der Waals surface area contributed by atoms with Crippen LogP contribution in [0.15, 0.2) is 28.3 Å². The molecule has 0 radical (unpaired) electrons. The van der Waals surface area contributed by atoms with Gasteiger partial charge in [0.1, 0.15) is 24.3 Å². The first kappa shape index (κ1) is 12.2. The molecule has 84 valence electrons. The van der Waals surface area contributed by atoms with Gasteiger partial charge in [0.2, 0.25) is 0 Å². The third-order valence-electron chi connectivity index (χ3n) is 1.86. The minimum absolute atomic E-state index is 0.126. The van der Waals surface area contributed by atoms with Crippen LogP contribution in [0.1, 0.15) is 0 Å². The van der Waals surface area contributed by atoms with Crippen LogP contribution in [-0.4, -0.2) is 24.0 Å². The summed E-state index contributed by atoms with van der Waals surface area (Å²) in [5.41, 5.74) is 4.56. The predicted octanol–water partition coefficient (Wildman–Crippen LogP) is 0.769. The lowest BCUT2D eigenvalue weighted by Crippen LogP contribution is -2.28. The normalized spacial score (nSPS) is 22.8. The Balaban J connectivity index is 3.27. The molecular weight excluding hydrogens is 237 g/mol. The molecule has 1 aliphatic rings. The zero-order valence-corrected chi connectivity index (χ0v) is 8.95. The topological polar surface area (TPSA) is 88.5 Å². The first-order valence-corrected chi connectivity index (χ1v) is 4.53. The van der Waals surface area contributed by atoms with Crippen molar-refractivity contribution in [3.63, 3.8) is 0 Å². The van der Waals surface area contributed by atoms with Crippen LogP contribution in [-0.2, 0) is 9.63 Å². The second-order valence-corrected chi connectivity index (χ2v) is 3.27. The van der Waals surface area contributed by atoms with E-state index in [1.165, 1.54) is 13.2 Å². The second-order valence-electron chi connectivity index (χ2n) is 2.83. The summed E-state index contributed by atoms with van der Waals surface area (Å²) in [4.78, 5) is 15.6. The molecule has 16 heavy (non-hydrogen) atoms. The molecule has 0 aromatic heterocycles. The molecule has 1 aliphatic carbocycles. The smallest absolute Gasteiger partial charge is 0.260 e. The second kappa shape index (κ2) is 4.77. The van der Waals surface area contributed by atoms with E-state index in [2.05, 4.69) is 9.99 Å². The van der Waals surface area contributed by atoms with E-state index in [9.17, 15) is 9.18 Å². The largest absolute Gasteiger partial charge is 0.399 e. The molecule has 0 saturated heterocycles. The fraction of sp³-hybridized carbons (Fsp3) is 0.222. The molecule has 0 aromatic rings. The summed E-state index contributed by atoms with van der Waals surface area (Å²) in [6.45, 7) is 0. The number of nitriles is 1. The number of nitrogens with two attached hydrogens (primary N) is 1. The van der Waals surface area contributed by atoms with Gasteiger partial charge in [-0.2, -0.15) is 5.26 Å². The molecule has 2 N–H and O–H groups in total. The van der Waals surface area contributed by atoms with E-state index in [0.717, 1.165) is 6.08 Å². The van der Waals surface area contributed by atoms with Crippen molar-refractivity contribution in [2.75, 3.05) is 7.11 Å². The fourth-order valence-corrected chi connectivity index (χ4v) is 1.44. The number of allylic oxidation sites excluding steroid dienone is 3. The van der Waals surface area contributed by atoms with E-state index in [-0.39, 0.29) is 17.0 Å². The van der Waals surface area contributed by atoms with Gasteiger partial charge in [-0.15, -0.1) is 11.6 Å². The first-order chi connectivity index (χ1) is 7.52. The van der Waals surface area contributed by atoms with Gasteiger partial charge in [0.15, 0.2) is 5.83 Å². The number of hydrogen-bond donors (Lipinski definition) is 1. The Labute approximate surface area is 95.6 Å². The van der Waals surface area contributed by atoms with Crippen LogP contribution in [0.25, 0.3) is 0 Å². The molecule has 0 aliphatic heterocycles. The highest BCUT2D eigenvalue weighted by atomic mass is 35.5. The van der Waals surface area contributed by atoms with Gasteiger partial charge >= 0.3 is 0 Å². The zero-order chi connectivity index (χ0) is 12.3. The number of oxime groups is 1. The number of hydrogen-bond acceptors (Lipinski definition) is 5. The highest BCUT2D eigenvalue weighted by Gasteiger charge is 2.32. The van der Waals surface area contributed by atoms with Gasteiger partial charge < -0.3 is 10.6 Å². The fourth-order valence-electron chi connectivity index (χ4n) is 1.14. The average Bonchev–Trinajstić information content (AvgIpc) is 2.28. The Hall–Kier alpha value is -1.87. The van der Waals surface area contributed by atoms with Gasteiger partial charge in [-0.05, 0) is 6.08 Å². The number of rotatable bonds is 2. The highest BCUT2D eigenvalue weighted by Crippen LogP contribution is 2.26. The molecule has 0 spiro atoms. The number of ketones is 1. The molecule has 1 atom stereocenters. The highest BCUT2D eigenvalue weighted by molar-refractivity contribution is 6.41. The van der Waals surface area contributed by atoms with Crippen molar-refractivity contribution in [1.29, 1.82) is 5.26 Å². The summed E-state index contributed by atoms with van der Waals surface area (Å²) in [5.74, 6) is -1.75. The van der Waals surface area contributed by atoms with E-state index in [0.29, 0.717) is 0 Å². The number of carbonyl (C=O) groups excluding carboxylic acids is 1. The van der Waals surface area contributed by atoms with Crippen molar-refractivity contribution in [2.24, 2.45) is 10.9 Å². The zero-order valence-electron chi connectivity index (χ0n) is 8.20. The number of halogens is 2. The summed E-state index contributed by atoms with van der Waals surface area (Å²) in [6.07, 6.45) is 1.02. The maximum absolute atomic E-state index is 13.4. The molecule has 7 heteroatoms. The van der Waals surface area contributed by atoms with E-state index >= 15 is 0 Å². The average molecular weight is 244 g/mol. The Morgan fingerprint density at radius 1 is 1.81 bits per heavy atom. The maximum Gasteiger partial charge on any atom is 0.260 e. The van der Waals surface area contributed by atoms with Crippen LogP contribution in [0.4, 0.5) is 4.39 Å². The van der Waals surface area contributed by atoms with Crippen molar-refractivity contribution in [3.05, 3.63) is 23.2 Å². The van der Waals surface area contributed by atoms with E-state index in [4.69, 9.17) is 22.6 Å². The lowest BCUT2D eigenvalue weighted by atomic mass is 9.97. The molecule has 0 fully saturated rings. The van der Waals surface area contributed by atoms with E-state index in [1.54, 1.807) is 0 Å². The molecule has 0 amide bonds. The van der Waals surface area contributed by atoms with Crippen LogP contribution in [0.2, 0.25) is 0 Å². The van der Waals surface area contributed by atoms with Crippen LogP contribution < -0.4 is 5.73 Å². The summed E-state index contributed by atoms with van der Waals surface area (Å²) in [7, 11) is 1.20. The third kappa shape index (κ3) is 2.04. The van der Waals surface area contributed by atoms with Crippen molar-refractivity contribution < 1.29 is 14.0 Å². The Bertz CT molecular complexity index is 462. The Morgan fingerprint density at radius 2 is 2.44 bits per heavy atom. The van der Waals surface area contributed by atoms with Crippen molar-refractivity contribution in [1.82, 2.24) is 0 Å². The summed E-state index contributed by atoms with van der Waals surface area (Å²) >= 11 is 5.78. The first-order valence-electron chi connectivity index (χ1n) is 4.09. The summed E-state index contributed by atoms with van der Waals surface area (Å²) in [5, 5.41) is 10.6. The standard InChI is InChI=1S/C9H7ClFN3O2/c1-16-14-9-7(10)4(6(15)3-12)2-5(13)8(9)11/h2,7H,13H2,1H3. The Morgan fingerprint density at radius 3 is 2.94 bits per heavy atom. The number of carbonyl (C=O) groups is 1. The molecule has 5 nitrogen and oxygen atoms in total. The van der Waals surface area contributed by atoms with Crippen LogP contribution in [0, 0.1) is 11.3 Å². The summed E-state index contributed by atoms with van der Waals surface area (Å²) < 4.78 is 13.4. The monoisotopic (exact) mass is 243 g/mol. The summed E-state index contributed by atoms with van der Waals surface area (Å²) in [6, 6.07) is 1.38. The van der Waals surface area contributed by atoms with Gasteiger partial charge in [-0.1, -0.05) is 5.16 Å². The molecule has 0 saturated carbocycles. The molecule has 0 bridgehead atoms. The molecular formula is C9H7ClFN3O2. The van der Waals surface area contributed by atoms with Crippen molar-refractivity contribution in [3.8, 4) is 6.07 Å². The van der Waals surface area contributed by atoms with Crippen molar-refractivity contribution >= 4 is 23.1 Å². The quantitative estimate of drug-likeness (QED) is 0.441. The number of nitrogens with zero attached hydrogens (tertiary/aromatic N) is 2. The SMILES string of the molecule is CON=C1C(F)=C(N)C=C(C(=O)C#N)C1Cl. The molecule has 0 aromatic carbocycles. The van der Waals surface area contributed by atoms with Crippen LogP contribution in [0.5, 0.6) is 0 Å². The minimum atomic E-state index is -1.18. The van der Waals surface area contributed by atoms with E-state index < -0.39 is 17.0 Å². The van der Waals surface area contributed by atoms with Crippen LogP contribution >= 0.6 is 11.6 Å². The third-order valence-corrected chi connectivity index (χ3v) is 2.30. The maximum atomic E-state index is 13.4. The lowest BCUT2D eigenvalue weighted by Gasteiger charge is -2.17. The van der Waals surface area contributed by atoms with Gasteiger partial charge in [0.25, 0.3) is 5.78 Å². The Kier molecular flexibility index (Phi) is 3.64. The lowest BCUT2D eigenvalue weighted by molar-refractivity contribution is -0.110. The van der Waals surface area contributed by atoms with Gasteiger partial charge in [-0.3, -0.25) is 4.79 Å². The number of alkyl halides is 1. The molecule has 0 heterocycles. The molecule has 1 unspecified atom stereocenters. The minimum Gasteiger partial charge on any atom is -0.399 e. The number of Topliss-reactive ketones (excluding diaryl/α,β-unsaturated/α-hetero) is 1. The van der Waals surface area contributed by atoms with Crippen LogP contribution in [0.3, 0.4) is 0 Å².